The van der Waals surface area contributed by atoms with E-state index < -0.39 is 0 Å². The van der Waals surface area contributed by atoms with Gasteiger partial charge in [-0.2, -0.15) is 5.10 Å². The Hall–Kier alpha value is -0.940. The van der Waals surface area contributed by atoms with Gasteiger partial charge in [0.15, 0.2) is 5.65 Å². The van der Waals surface area contributed by atoms with Gasteiger partial charge in [0.1, 0.15) is 4.60 Å². The van der Waals surface area contributed by atoms with Gasteiger partial charge < -0.3 is 5.11 Å². The molecule has 0 bridgehead atoms. The van der Waals surface area contributed by atoms with Gasteiger partial charge in [-0.15, -0.1) is 0 Å². The van der Waals surface area contributed by atoms with Gasteiger partial charge in [0.2, 0.25) is 0 Å². The Balaban J connectivity index is 2.67. The molecule has 1 N–H and O–H groups in total. The Morgan fingerprint density at radius 2 is 2.33 bits per heavy atom. The van der Waals surface area contributed by atoms with E-state index >= 15 is 0 Å². The summed E-state index contributed by atoms with van der Waals surface area (Å²) in [5, 5.41) is 12.9. The van der Waals surface area contributed by atoms with E-state index in [2.05, 4.69) is 26.0 Å². The number of imidazole rings is 1. The molecule has 0 spiro atoms. The third-order valence-corrected chi connectivity index (χ3v) is 1.92. The topological polar surface area (TPSA) is 50.4 Å². The summed E-state index contributed by atoms with van der Waals surface area (Å²) in [5.41, 5.74) is 1.36. The fraction of sp³-hybridized carbons (Fsp3) is 0.143. The van der Waals surface area contributed by atoms with Crippen molar-refractivity contribution in [3.8, 4) is 0 Å². The van der Waals surface area contributed by atoms with E-state index in [0.29, 0.717) is 5.69 Å². The predicted octanol–water partition coefficient (Wildman–Crippen LogP) is 0.984. The molecule has 62 valence electrons. The van der Waals surface area contributed by atoms with Gasteiger partial charge >= 0.3 is 0 Å². The number of halogens is 1. The van der Waals surface area contributed by atoms with Crippen molar-refractivity contribution in [1.29, 1.82) is 0 Å². The molecule has 0 aliphatic rings. The molecule has 0 radical (unpaired) electrons. The first-order valence-corrected chi connectivity index (χ1v) is 4.20. The molecule has 4 nitrogen and oxygen atoms in total. The van der Waals surface area contributed by atoms with E-state index in [1.165, 1.54) is 0 Å². The van der Waals surface area contributed by atoms with Gasteiger partial charge in [0.05, 0.1) is 18.5 Å². The van der Waals surface area contributed by atoms with Crippen molar-refractivity contribution in [3.63, 3.8) is 0 Å². The minimum atomic E-state index is -0.0546. The van der Waals surface area contributed by atoms with Crippen LogP contribution in [0.4, 0.5) is 0 Å². The van der Waals surface area contributed by atoms with Crippen molar-refractivity contribution in [3.05, 3.63) is 28.6 Å². The normalized spacial score (nSPS) is 10.8. The van der Waals surface area contributed by atoms with Gasteiger partial charge in [-0.25, -0.2) is 9.50 Å². The Labute approximate surface area is 77.0 Å². The Morgan fingerprint density at radius 1 is 1.50 bits per heavy atom. The molecule has 0 unspecified atom stereocenters. The molecule has 2 heterocycles. The zero-order valence-corrected chi connectivity index (χ0v) is 7.69. The van der Waals surface area contributed by atoms with Crippen LogP contribution in [0.25, 0.3) is 5.65 Å². The highest BCUT2D eigenvalue weighted by molar-refractivity contribution is 9.10. The molecule has 0 saturated heterocycles. The Kier molecular flexibility index (Phi) is 1.82. The summed E-state index contributed by atoms with van der Waals surface area (Å²) in [6.45, 7) is -0.0546. The van der Waals surface area contributed by atoms with Crippen LogP contribution in [-0.2, 0) is 6.61 Å². The van der Waals surface area contributed by atoms with E-state index in [4.69, 9.17) is 5.11 Å². The highest BCUT2D eigenvalue weighted by Crippen LogP contribution is 2.08. The third-order valence-electron chi connectivity index (χ3n) is 1.50. The monoisotopic (exact) mass is 227 g/mol. The second kappa shape index (κ2) is 2.84. The van der Waals surface area contributed by atoms with Crippen LogP contribution in [0, 0.1) is 0 Å². The van der Waals surface area contributed by atoms with Crippen LogP contribution < -0.4 is 0 Å². The molecule has 0 atom stereocenters. The number of fused-ring (bicyclic) bond motifs is 1. The number of aliphatic hydroxyl groups excluding tert-OH is 1. The van der Waals surface area contributed by atoms with Crippen molar-refractivity contribution < 1.29 is 5.11 Å². The fourth-order valence-corrected chi connectivity index (χ4v) is 1.29. The summed E-state index contributed by atoms with van der Waals surface area (Å²) < 4.78 is 2.37. The molecule has 0 aromatic carbocycles. The van der Waals surface area contributed by atoms with E-state index in [9.17, 15) is 0 Å². The van der Waals surface area contributed by atoms with E-state index in [1.54, 1.807) is 10.7 Å². The van der Waals surface area contributed by atoms with E-state index in [-0.39, 0.29) is 6.61 Å². The van der Waals surface area contributed by atoms with Gasteiger partial charge in [-0.3, -0.25) is 0 Å². The van der Waals surface area contributed by atoms with Crippen molar-refractivity contribution in [2.45, 2.75) is 6.61 Å². The van der Waals surface area contributed by atoms with Gasteiger partial charge in [0.25, 0.3) is 0 Å². The number of aromatic nitrogens is 3. The van der Waals surface area contributed by atoms with E-state index in [0.717, 1.165) is 10.3 Å². The zero-order valence-electron chi connectivity index (χ0n) is 6.11. The quantitative estimate of drug-likeness (QED) is 0.791. The van der Waals surface area contributed by atoms with Crippen molar-refractivity contribution in [1.82, 2.24) is 14.6 Å². The third kappa shape index (κ3) is 1.21. The lowest BCUT2D eigenvalue weighted by Gasteiger charge is -1.90. The Bertz CT molecular complexity index is 412. The molecule has 0 fully saturated rings. The van der Waals surface area contributed by atoms with Crippen LogP contribution in [0.3, 0.4) is 0 Å². The molecule has 0 saturated carbocycles. The van der Waals surface area contributed by atoms with Gasteiger partial charge in [-0.05, 0) is 28.1 Å². The average Bonchev–Trinajstić information content (AvgIpc) is 2.46. The molecule has 2 rings (SSSR count). The maximum absolute atomic E-state index is 8.79. The fourth-order valence-electron chi connectivity index (χ4n) is 0.984. The predicted molar refractivity (Wildman–Crippen MR) is 46.6 cm³/mol. The summed E-state index contributed by atoms with van der Waals surface area (Å²) in [4.78, 5) is 4.10. The number of aliphatic hydroxyl groups is 1. The van der Waals surface area contributed by atoms with Gasteiger partial charge in [0, 0.05) is 0 Å². The van der Waals surface area contributed by atoms with Crippen LogP contribution in [0.1, 0.15) is 5.69 Å². The van der Waals surface area contributed by atoms with Crippen LogP contribution >= 0.6 is 15.9 Å². The Morgan fingerprint density at radius 3 is 3.08 bits per heavy atom. The molecule has 0 aliphatic heterocycles. The minimum absolute atomic E-state index is 0.0546. The molecular weight excluding hydrogens is 222 g/mol. The second-order valence-electron chi connectivity index (χ2n) is 2.35. The summed E-state index contributed by atoms with van der Waals surface area (Å²) in [5.74, 6) is 0. The summed E-state index contributed by atoms with van der Waals surface area (Å²) in [6, 6.07) is 3.64. The lowest BCUT2D eigenvalue weighted by molar-refractivity contribution is 0.277. The molecule has 12 heavy (non-hydrogen) atoms. The lowest BCUT2D eigenvalue weighted by Crippen LogP contribution is -1.88. The maximum atomic E-state index is 8.79. The average molecular weight is 228 g/mol. The number of rotatable bonds is 1. The molecule has 0 amide bonds. The maximum Gasteiger partial charge on any atom is 0.153 e. The van der Waals surface area contributed by atoms with Crippen LogP contribution in [0.2, 0.25) is 0 Å². The molecular formula is C7H6BrN3O. The van der Waals surface area contributed by atoms with E-state index in [1.807, 2.05) is 12.1 Å². The smallest absolute Gasteiger partial charge is 0.153 e. The standard InChI is InChI=1S/C7H6BrN3O/c8-6-1-2-7-9-5(4-12)3-11(7)10-6/h1-3,12H,4H2. The van der Waals surface area contributed by atoms with Gasteiger partial charge in [-0.1, -0.05) is 0 Å². The molecule has 5 heteroatoms. The highest BCUT2D eigenvalue weighted by atomic mass is 79.9. The van der Waals surface area contributed by atoms with Crippen LogP contribution in [0.15, 0.2) is 22.9 Å². The van der Waals surface area contributed by atoms with Crippen molar-refractivity contribution >= 4 is 21.6 Å². The van der Waals surface area contributed by atoms with Crippen LogP contribution in [-0.4, -0.2) is 19.7 Å². The second-order valence-corrected chi connectivity index (χ2v) is 3.16. The summed E-state index contributed by atoms with van der Waals surface area (Å²) in [6.07, 6.45) is 1.69. The summed E-state index contributed by atoms with van der Waals surface area (Å²) >= 11 is 3.24. The van der Waals surface area contributed by atoms with Crippen LogP contribution in [0.5, 0.6) is 0 Å². The molecule has 0 aliphatic carbocycles. The lowest BCUT2D eigenvalue weighted by atomic mass is 10.5. The van der Waals surface area contributed by atoms with Crippen molar-refractivity contribution in [2.24, 2.45) is 0 Å². The first-order valence-electron chi connectivity index (χ1n) is 3.41. The first kappa shape index (κ1) is 7.70. The molecule has 2 aromatic rings. The molecule has 2 aromatic heterocycles. The largest absolute Gasteiger partial charge is 0.390 e. The highest BCUT2D eigenvalue weighted by Gasteiger charge is 2.00. The summed E-state index contributed by atoms with van der Waals surface area (Å²) in [7, 11) is 0. The number of nitrogens with zero attached hydrogens (tertiary/aromatic N) is 3. The first-order chi connectivity index (χ1) is 5.79. The number of hydrogen-bond donors (Lipinski definition) is 1. The minimum Gasteiger partial charge on any atom is -0.390 e. The van der Waals surface area contributed by atoms with Crippen molar-refractivity contribution in [2.75, 3.05) is 0 Å². The number of hydrogen-bond acceptors (Lipinski definition) is 3. The SMILES string of the molecule is OCc1cn2nc(Br)ccc2n1. The zero-order chi connectivity index (χ0) is 8.55.